The standard InChI is InChI=1S/C11H13NO6S/c13-11(12-4-1-5-19(14,15)16)8-2-3-9-10(6-8)18-7-17-9/h2-3,6H,1,4-5,7H2,(H,12,13)(H,14,15,16). The van der Waals surface area contributed by atoms with Gasteiger partial charge in [-0.1, -0.05) is 0 Å². The molecule has 0 atom stereocenters. The molecule has 0 saturated carbocycles. The van der Waals surface area contributed by atoms with E-state index in [-0.39, 0.29) is 31.4 Å². The maximum Gasteiger partial charge on any atom is 0.264 e. The minimum absolute atomic E-state index is 0.134. The van der Waals surface area contributed by atoms with Gasteiger partial charge in [0.15, 0.2) is 11.5 Å². The molecule has 1 aliphatic heterocycles. The first kappa shape index (κ1) is 13.6. The van der Waals surface area contributed by atoms with Crippen molar-refractivity contribution in [3.63, 3.8) is 0 Å². The van der Waals surface area contributed by atoms with Gasteiger partial charge in [0.05, 0.1) is 5.75 Å². The second-order valence-electron chi connectivity index (χ2n) is 3.96. The number of amides is 1. The van der Waals surface area contributed by atoms with E-state index in [1.165, 1.54) is 0 Å². The summed E-state index contributed by atoms with van der Waals surface area (Å²) in [6.45, 7) is 0.293. The van der Waals surface area contributed by atoms with Crippen LogP contribution in [0, 0.1) is 0 Å². The van der Waals surface area contributed by atoms with Crippen LogP contribution in [0.15, 0.2) is 18.2 Å². The molecule has 1 aromatic rings. The van der Waals surface area contributed by atoms with Crippen LogP contribution in [0.2, 0.25) is 0 Å². The largest absolute Gasteiger partial charge is 0.454 e. The number of benzene rings is 1. The minimum Gasteiger partial charge on any atom is -0.454 e. The van der Waals surface area contributed by atoms with Gasteiger partial charge < -0.3 is 14.8 Å². The molecule has 1 amide bonds. The first-order valence-electron chi connectivity index (χ1n) is 5.59. The van der Waals surface area contributed by atoms with Crippen LogP contribution in [0.25, 0.3) is 0 Å². The number of carbonyl (C=O) groups excluding carboxylic acids is 1. The highest BCUT2D eigenvalue weighted by Gasteiger charge is 2.16. The summed E-state index contributed by atoms with van der Waals surface area (Å²) < 4.78 is 39.8. The predicted molar refractivity (Wildman–Crippen MR) is 65.9 cm³/mol. The Morgan fingerprint density at radius 1 is 1.32 bits per heavy atom. The minimum atomic E-state index is -3.98. The molecule has 0 spiro atoms. The lowest BCUT2D eigenvalue weighted by Crippen LogP contribution is -2.25. The third kappa shape index (κ3) is 3.83. The molecular formula is C11H13NO6S. The van der Waals surface area contributed by atoms with Crippen LogP contribution in [-0.4, -0.2) is 38.0 Å². The molecule has 104 valence electrons. The Balaban J connectivity index is 1.87. The van der Waals surface area contributed by atoms with Crippen molar-refractivity contribution in [2.24, 2.45) is 0 Å². The van der Waals surface area contributed by atoms with E-state index in [2.05, 4.69) is 5.32 Å². The smallest absolute Gasteiger partial charge is 0.264 e. The average molecular weight is 287 g/mol. The van der Waals surface area contributed by atoms with Crippen LogP contribution >= 0.6 is 0 Å². The predicted octanol–water partition coefficient (Wildman–Crippen LogP) is 0.423. The van der Waals surface area contributed by atoms with Crippen LogP contribution in [0.3, 0.4) is 0 Å². The topological polar surface area (TPSA) is 102 Å². The van der Waals surface area contributed by atoms with Crippen LogP contribution in [0.4, 0.5) is 0 Å². The Labute approximate surface area is 110 Å². The molecule has 1 aromatic carbocycles. The fraction of sp³-hybridized carbons (Fsp3) is 0.364. The van der Waals surface area contributed by atoms with E-state index < -0.39 is 10.1 Å². The summed E-state index contributed by atoms with van der Waals surface area (Å²) in [6, 6.07) is 4.78. The van der Waals surface area contributed by atoms with Crippen molar-refractivity contribution in [2.75, 3.05) is 19.1 Å². The summed E-state index contributed by atoms with van der Waals surface area (Å²) in [5.41, 5.74) is 0.399. The fourth-order valence-electron chi connectivity index (χ4n) is 1.60. The van der Waals surface area contributed by atoms with Crippen molar-refractivity contribution in [2.45, 2.75) is 6.42 Å². The molecule has 2 N–H and O–H groups in total. The Morgan fingerprint density at radius 3 is 2.79 bits per heavy atom. The van der Waals surface area contributed by atoms with Gasteiger partial charge in [-0.3, -0.25) is 9.35 Å². The normalized spacial score (nSPS) is 13.3. The average Bonchev–Trinajstić information content (AvgIpc) is 2.80. The summed E-state index contributed by atoms with van der Waals surface area (Å²) in [6.07, 6.45) is 0.148. The summed E-state index contributed by atoms with van der Waals surface area (Å²) in [5, 5.41) is 2.55. The van der Waals surface area contributed by atoms with E-state index in [4.69, 9.17) is 14.0 Å². The summed E-state index contributed by atoms with van der Waals surface area (Å²) in [4.78, 5) is 11.7. The van der Waals surface area contributed by atoms with Gasteiger partial charge in [0, 0.05) is 12.1 Å². The number of nitrogens with one attached hydrogen (secondary N) is 1. The Kier molecular flexibility index (Phi) is 3.91. The van der Waals surface area contributed by atoms with E-state index in [0.717, 1.165) is 0 Å². The van der Waals surface area contributed by atoms with Gasteiger partial charge in [-0.15, -0.1) is 0 Å². The third-order valence-corrected chi connectivity index (χ3v) is 3.30. The zero-order valence-corrected chi connectivity index (χ0v) is 10.8. The van der Waals surface area contributed by atoms with Gasteiger partial charge in [0.2, 0.25) is 6.79 Å². The molecular weight excluding hydrogens is 274 g/mol. The van der Waals surface area contributed by atoms with Crippen molar-refractivity contribution in [3.8, 4) is 11.5 Å². The molecule has 0 radical (unpaired) electrons. The number of hydrogen-bond donors (Lipinski definition) is 2. The van der Waals surface area contributed by atoms with Gasteiger partial charge in [-0.2, -0.15) is 8.42 Å². The lowest BCUT2D eigenvalue weighted by Gasteiger charge is -2.05. The van der Waals surface area contributed by atoms with Crippen molar-refractivity contribution in [1.82, 2.24) is 5.32 Å². The third-order valence-electron chi connectivity index (χ3n) is 2.50. The zero-order valence-electron chi connectivity index (χ0n) is 9.96. The van der Waals surface area contributed by atoms with E-state index in [9.17, 15) is 13.2 Å². The van der Waals surface area contributed by atoms with E-state index in [1.54, 1.807) is 18.2 Å². The highest BCUT2D eigenvalue weighted by atomic mass is 32.2. The Bertz CT molecular complexity index is 583. The second-order valence-corrected chi connectivity index (χ2v) is 5.54. The summed E-state index contributed by atoms with van der Waals surface area (Å²) in [5.74, 6) is 0.371. The first-order valence-corrected chi connectivity index (χ1v) is 7.20. The summed E-state index contributed by atoms with van der Waals surface area (Å²) in [7, 11) is -3.98. The van der Waals surface area contributed by atoms with Crippen LogP contribution < -0.4 is 14.8 Å². The lowest BCUT2D eigenvalue weighted by molar-refractivity contribution is 0.0953. The summed E-state index contributed by atoms with van der Waals surface area (Å²) >= 11 is 0. The van der Waals surface area contributed by atoms with Crippen molar-refractivity contribution >= 4 is 16.0 Å². The van der Waals surface area contributed by atoms with E-state index >= 15 is 0 Å². The molecule has 0 aromatic heterocycles. The lowest BCUT2D eigenvalue weighted by atomic mass is 10.2. The fourth-order valence-corrected chi connectivity index (χ4v) is 2.11. The Morgan fingerprint density at radius 2 is 2.05 bits per heavy atom. The van der Waals surface area contributed by atoms with Crippen LogP contribution in [-0.2, 0) is 10.1 Å². The SMILES string of the molecule is O=C(NCCCS(=O)(=O)O)c1ccc2c(c1)OCO2. The van der Waals surface area contributed by atoms with Gasteiger partial charge in [0.25, 0.3) is 16.0 Å². The van der Waals surface area contributed by atoms with E-state index in [0.29, 0.717) is 17.1 Å². The quantitative estimate of drug-likeness (QED) is 0.601. The second kappa shape index (κ2) is 5.45. The number of carbonyl (C=O) groups is 1. The molecule has 0 aliphatic carbocycles. The maximum absolute atomic E-state index is 11.7. The molecule has 0 fully saturated rings. The van der Waals surface area contributed by atoms with Gasteiger partial charge in [-0.05, 0) is 24.6 Å². The molecule has 0 unspecified atom stereocenters. The molecule has 7 nitrogen and oxygen atoms in total. The Hall–Kier alpha value is -1.80. The number of fused-ring (bicyclic) bond motifs is 1. The molecule has 0 bridgehead atoms. The number of ether oxygens (including phenoxy) is 2. The van der Waals surface area contributed by atoms with E-state index in [1.807, 2.05) is 0 Å². The van der Waals surface area contributed by atoms with Gasteiger partial charge >= 0.3 is 0 Å². The molecule has 1 aliphatic rings. The van der Waals surface area contributed by atoms with Crippen molar-refractivity contribution in [1.29, 1.82) is 0 Å². The molecule has 8 heteroatoms. The maximum atomic E-state index is 11.7. The zero-order chi connectivity index (χ0) is 13.9. The number of rotatable bonds is 5. The molecule has 19 heavy (non-hydrogen) atoms. The molecule has 2 rings (SSSR count). The number of hydrogen-bond acceptors (Lipinski definition) is 5. The van der Waals surface area contributed by atoms with Gasteiger partial charge in [-0.25, -0.2) is 0 Å². The van der Waals surface area contributed by atoms with Crippen LogP contribution in [0.1, 0.15) is 16.8 Å². The molecule has 1 heterocycles. The highest BCUT2D eigenvalue weighted by Crippen LogP contribution is 2.32. The van der Waals surface area contributed by atoms with Gasteiger partial charge in [0.1, 0.15) is 0 Å². The monoisotopic (exact) mass is 287 g/mol. The van der Waals surface area contributed by atoms with Crippen molar-refractivity contribution in [3.05, 3.63) is 23.8 Å². The highest BCUT2D eigenvalue weighted by molar-refractivity contribution is 7.85. The first-order chi connectivity index (χ1) is 8.96. The van der Waals surface area contributed by atoms with Crippen molar-refractivity contribution < 1.29 is 27.2 Å². The molecule has 0 saturated heterocycles. The van der Waals surface area contributed by atoms with Crippen LogP contribution in [0.5, 0.6) is 11.5 Å².